The fraction of sp³-hybridized carbons (Fsp3) is 0. The van der Waals surface area contributed by atoms with Crippen LogP contribution in [0.2, 0.25) is 0 Å². The van der Waals surface area contributed by atoms with E-state index in [2.05, 4.69) is 4.98 Å². The van der Waals surface area contributed by atoms with Gasteiger partial charge in [-0.15, -0.1) is 0 Å². The number of aromatic nitrogens is 1. The maximum absolute atomic E-state index is 11.5. The third kappa shape index (κ3) is 2.43. The molecule has 0 fully saturated rings. The number of thiazole rings is 1. The predicted molar refractivity (Wildman–Crippen MR) is 96.8 cm³/mol. The van der Waals surface area contributed by atoms with Crippen molar-refractivity contribution in [1.82, 2.24) is 4.98 Å². The Bertz CT molecular complexity index is 1180. The minimum absolute atomic E-state index is 0.300. The largest absolute Gasteiger partial charge is 0.399 e. The monoisotopic (exact) mass is 356 g/mol. The summed E-state index contributed by atoms with van der Waals surface area (Å²) in [6, 6.07) is 17.0. The number of fused-ring (bicyclic) bond motifs is 3. The van der Waals surface area contributed by atoms with Crippen LogP contribution in [0.4, 0.5) is 5.69 Å². The van der Waals surface area contributed by atoms with Crippen molar-refractivity contribution >= 4 is 48.1 Å². The Labute approximate surface area is 142 Å². The first-order chi connectivity index (χ1) is 11.4. The van der Waals surface area contributed by atoms with Crippen LogP contribution in [-0.4, -0.2) is 18.0 Å². The van der Waals surface area contributed by atoms with Crippen LogP contribution in [0, 0.1) is 0 Å². The van der Waals surface area contributed by atoms with Gasteiger partial charge < -0.3 is 5.73 Å². The molecule has 0 radical (unpaired) electrons. The van der Waals surface area contributed by atoms with E-state index in [1.165, 1.54) is 0 Å². The molecule has 0 aliphatic rings. The van der Waals surface area contributed by atoms with Gasteiger partial charge in [-0.3, -0.25) is 4.55 Å². The molecule has 0 amide bonds. The molecule has 7 heteroatoms. The SMILES string of the molecule is Nc1ccc(-c2cc3ccccc3c3nc(S(=O)(=O)O)sc23)cc1. The third-order valence-electron chi connectivity index (χ3n) is 3.81. The molecule has 3 N–H and O–H groups in total. The third-order valence-corrected chi connectivity index (χ3v) is 6.11. The summed E-state index contributed by atoms with van der Waals surface area (Å²) in [4.78, 5) is 4.17. The van der Waals surface area contributed by atoms with Gasteiger partial charge in [0.05, 0.1) is 10.2 Å². The van der Waals surface area contributed by atoms with E-state index in [0.29, 0.717) is 15.9 Å². The van der Waals surface area contributed by atoms with E-state index in [9.17, 15) is 13.0 Å². The van der Waals surface area contributed by atoms with E-state index < -0.39 is 10.1 Å². The lowest BCUT2D eigenvalue weighted by molar-refractivity contribution is 0.482. The zero-order valence-corrected chi connectivity index (χ0v) is 13.9. The van der Waals surface area contributed by atoms with Gasteiger partial charge in [0.15, 0.2) is 0 Å². The summed E-state index contributed by atoms with van der Waals surface area (Å²) in [6.07, 6.45) is 0. The maximum Gasteiger partial charge on any atom is 0.322 e. The smallest absolute Gasteiger partial charge is 0.322 e. The molecule has 3 aromatic carbocycles. The molecular formula is C17H12N2O3S2. The van der Waals surface area contributed by atoms with E-state index in [1.807, 2.05) is 42.5 Å². The number of hydrogen-bond donors (Lipinski definition) is 2. The molecular weight excluding hydrogens is 344 g/mol. The molecule has 0 saturated carbocycles. The molecule has 0 saturated heterocycles. The molecule has 0 aliphatic heterocycles. The average molecular weight is 356 g/mol. The maximum atomic E-state index is 11.5. The van der Waals surface area contributed by atoms with Crippen molar-refractivity contribution in [2.45, 2.75) is 4.34 Å². The second-order valence-electron chi connectivity index (χ2n) is 5.40. The molecule has 0 aliphatic carbocycles. The minimum atomic E-state index is -4.35. The van der Waals surface area contributed by atoms with Gasteiger partial charge in [0.2, 0.25) is 4.34 Å². The Morgan fingerprint density at radius 3 is 2.46 bits per heavy atom. The lowest BCUT2D eigenvalue weighted by atomic mass is 10.00. The van der Waals surface area contributed by atoms with Crippen LogP contribution in [0.25, 0.3) is 32.1 Å². The molecule has 0 unspecified atom stereocenters. The molecule has 1 aromatic heterocycles. The number of nitrogens with two attached hydrogens (primary N) is 1. The van der Waals surface area contributed by atoms with Gasteiger partial charge in [-0.25, -0.2) is 4.98 Å². The number of rotatable bonds is 2. The van der Waals surface area contributed by atoms with Gasteiger partial charge in [-0.05, 0) is 29.1 Å². The second kappa shape index (κ2) is 5.27. The van der Waals surface area contributed by atoms with Crippen molar-refractivity contribution in [3.8, 4) is 11.1 Å². The van der Waals surface area contributed by atoms with Crippen LogP contribution in [0.3, 0.4) is 0 Å². The number of benzene rings is 3. The second-order valence-corrected chi connectivity index (χ2v) is 7.99. The molecule has 0 spiro atoms. The standard InChI is InChI=1S/C17H12N2O3S2/c18-12-7-5-10(6-8-12)14-9-11-3-1-2-4-13(11)15-16(14)23-17(19-15)24(20,21)22/h1-9H,18H2,(H,20,21,22). The highest BCUT2D eigenvalue weighted by atomic mass is 32.3. The van der Waals surface area contributed by atoms with Crippen LogP contribution >= 0.6 is 11.3 Å². The quantitative estimate of drug-likeness (QED) is 0.419. The van der Waals surface area contributed by atoms with Gasteiger partial charge in [0.1, 0.15) is 0 Å². The van der Waals surface area contributed by atoms with Crippen molar-refractivity contribution in [2.75, 3.05) is 5.73 Å². The van der Waals surface area contributed by atoms with Crippen molar-refractivity contribution in [3.05, 3.63) is 54.6 Å². The Hall–Kier alpha value is -2.48. The highest BCUT2D eigenvalue weighted by Crippen LogP contribution is 2.39. The lowest BCUT2D eigenvalue weighted by Gasteiger charge is -2.07. The van der Waals surface area contributed by atoms with Crippen LogP contribution < -0.4 is 5.73 Å². The van der Waals surface area contributed by atoms with E-state index in [0.717, 1.165) is 33.2 Å². The van der Waals surface area contributed by atoms with Crippen molar-refractivity contribution in [1.29, 1.82) is 0 Å². The lowest BCUT2D eigenvalue weighted by Crippen LogP contribution is -1.95. The molecule has 0 atom stereocenters. The van der Waals surface area contributed by atoms with Gasteiger partial charge in [0.25, 0.3) is 0 Å². The number of hydrogen-bond acceptors (Lipinski definition) is 5. The highest BCUT2D eigenvalue weighted by Gasteiger charge is 2.20. The Kier molecular flexibility index (Phi) is 3.31. The van der Waals surface area contributed by atoms with Crippen molar-refractivity contribution in [2.24, 2.45) is 0 Å². The van der Waals surface area contributed by atoms with Gasteiger partial charge in [-0.1, -0.05) is 47.7 Å². The highest BCUT2D eigenvalue weighted by molar-refractivity contribution is 7.88. The fourth-order valence-corrected chi connectivity index (χ4v) is 4.44. The predicted octanol–water partition coefficient (Wildman–Crippen LogP) is 3.95. The number of nitrogen functional groups attached to an aromatic ring is 1. The molecule has 4 aromatic rings. The summed E-state index contributed by atoms with van der Waals surface area (Å²) in [5, 5.41) is 1.79. The molecule has 1 heterocycles. The van der Waals surface area contributed by atoms with Crippen LogP contribution in [0.1, 0.15) is 0 Å². The molecule has 4 rings (SSSR count). The molecule has 24 heavy (non-hydrogen) atoms. The molecule has 120 valence electrons. The van der Waals surface area contributed by atoms with E-state index in [-0.39, 0.29) is 4.34 Å². The Morgan fingerprint density at radius 1 is 1.04 bits per heavy atom. The molecule has 5 nitrogen and oxygen atoms in total. The Balaban J connectivity index is 2.14. The first kappa shape index (κ1) is 15.1. The fourth-order valence-electron chi connectivity index (χ4n) is 2.71. The van der Waals surface area contributed by atoms with E-state index in [1.54, 1.807) is 12.1 Å². The summed E-state index contributed by atoms with van der Waals surface area (Å²) in [7, 11) is -4.35. The molecule has 0 bridgehead atoms. The number of anilines is 1. The van der Waals surface area contributed by atoms with Crippen LogP contribution in [0.5, 0.6) is 0 Å². The first-order valence-corrected chi connectivity index (χ1v) is 9.35. The Morgan fingerprint density at radius 2 is 1.75 bits per heavy atom. The normalized spacial score (nSPS) is 12.0. The summed E-state index contributed by atoms with van der Waals surface area (Å²) in [5.74, 6) is 0. The zero-order valence-electron chi connectivity index (χ0n) is 12.3. The minimum Gasteiger partial charge on any atom is -0.399 e. The van der Waals surface area contributed by atoms with Gasteiger partial charge in [0, 0.05) is 16.6 Å². The first-order valence-electron chi connectivity index (χ1n) is 7.09. The van der Waals surface area contributed by atoms with Crippen LogP contribution in [0.15, 0.2) is 58.9 Å². The van der Waals surface area contributed by atoms with E-state index >= 15 is 0 Å². The topological polar surface area (TPSA) is 93.3 Å². The average Bonchev–Trinajstić information content (AvgIpc) is 3.01. The summed E-state index contributed by atoms with van der Waals surface area (Å²) >= 11 is 0.964. The summed E-state index contributed by atoms with van der Waals surface area (Å²) < 4.78 is 32.8. The van der Waals surface area contributed by atoms with Gasteiger partial charge in [-0.2, -0.15) is 8.42 Å². The van der Waals surface area contributed by atoms with Crippen LogP contribution in [-0.2, 0) is 10.1 Å². The van der Waals surface area contributed by atoms with E-state index in [4.69, 9.17) is 5.73 Å². The summed E-state index contributed by atoms with van der Waals surface area (Å²) in [5.41, 5.74) is 8.73. The number of nitrogens with zero attached hydrogens (tertiary/aromatic N) is 1. The zero-order chi connectivity index (χ0) is 16.9. The van der Waals surface area contributed by atoms with Gasteiger partial charge >= 0.3 is 10.1 Å². The van der Waals surface area contributed by atoms with Crippen molar-refractivity contribution < 1.29 is 13.0 Å². The van der Waals surface area contributed by atoms with Crippen molar-refractivity contribution in [3.63, 3.8) is 0 Å². The summed E-state index contributed by atoms with van der Waals surface area (Å²) in [6.45, 7) is 0.